The lowest BCUT2D eigenvalue weighted by atomic mass is 10.1. The Bertz CT molecular complexity index is 479. The molecule has 0 saturated heterocycles. The molecular weight excluding hydrogens is 268 g/mol. The SMILES string of the molecule is CCC(CC)N(CC(C)C)C(=O)c1ccc(C(=O)O)nc1. The van der Waals surface area contributed by atoms with Crippen LogP contribution in [0.4, 0.5) is 0 Å². The van der Waals surface area contributed by atoms with E-state index in [0.29, 0.717) is 18.0 Å². The highest BCUT2D eigenvalue weighted by molar-refractivity contribution is 5.95. The summed E-state index contributed by atoms with van der Waals surface area (Å²) in [6.07, 6.45) is 3.15. The van der Waals surface area contributed by atoms with Gasteiger partial charge in [-0.25, -0.2) is 9.78 Å². The molecule has 0 unspecified atom stereocenters. The molecule has 1 aromatic heterocycles. The van der Waals surface area contributed by atoms with Gasteiger partial charge in [-0.2, -0.15) is 0 Å². The molecule has 0 radical (unpaired) electrons. The Hall–Kier alpha value is -1.91. The first-order chi connectivity index (χ1) is 9.90. The van der Waals surface area contributed by atoms with Crippen LogP contribution in [-0.4, -0.2) is 39.5 Å². The second-order valence-corrected chi connectivity index (χ2v) is 5.56. The highest BCUT2D eigenvalue weighted by Gasteiger charge is 2.23. The van der Waals surface area contributed by atoms with Gasteiger partial charge in [-0.3, -0.25) is 4.79 Å². The second kappa shape index (κ2) is 7.76. The lowest BCUT2D eigenvalue weighted by Gasteiger charge is -2.32. The summed E-state index contributed by atoms with van der Waals surface area (Å²) in [5.74, 6) is -0.796. The normalized spacial score (nSPS) is 11.0. The van der Waals surface area contributed by atoms with Gasteiger partial charge in [0.05, 0.1) is 5.56 Å². The Labute approximate surface area is 126 Å². The Kier molecular flexibility index (Phi) is 6.34. The number of aromatic nitrogens is 1. The number of carboxylic acid groups (broad SMARTS) is 1. The molecule has 5 heteroatoms. The van der Waals surface area contributed by atoms with Gasteiger partial charge in [0.1, 0.15) is 5.69 Å². The highest BCUT2D eigenvalue weighted by Crippen LogP contribution is 2.16. The van der Waals surface area contributed by atoms with Crippen LogP contribution < -0.4 is 0 Å². The van der Waals surface area contributed by atoms with Crippen LogP contribution in [0.5, 0.6) is 0 Å². The maximum Gasteiger partial charge on any atom is 0.354 e. The van der Waals surface area contributed by atoms with Crippen LogP contribution in [0.1, 0.15) is 61.4 Å². The molecule has 0 fully saturated rings. The number of nitrogens with zero attached hydrogens (tertiary/aromatic N) is 2. The van der Waals surface area contributed by atoms with Crippen LogP contribution in [0.15, 0.2) is 18.3 Å². The van der Waals surface area contributed by atoms with Crippen molar-refractivity contribution in [1.82, 2.24) is 9.88 Å². The Morgan fingerprint density at radius 1 is 1.24 bits per heavy atom. The number of hydrogen-bond donors (Lipinski definition) is 1. The van der Waals surface area contributed by atoms with Crippen molar-refractivity contribution >= 4 is 11.9 Å². The topological polar surface area (TPSA) is 70.5 Å². The van der Waals surface area contributed by atoms with Crippen molar-refractivity contribution in [3.63, 3.8) is 0 Å². The van der Waals surface area contributed by atoms with Gasteiger partial charge in [0.25, 0.3) is 5.91 Å². The first-order valence-corrected chi connectivity index (χ1v) is 7.40. The molecule has 116 valence electrons. The smallest absolute Gasteiger partial charge is 0.354 e. The molecule has 0 aliphatic rings. The summed E-state index contributed by atoms with van der Waals surface area (Å²) in [4.78, 5) is 29.2. The van der Waals surface area contributed by atoms with Crippen molar-refractivity contribution in [2.45, 2.75) is 46.6 Å². The summed E-state index contributed by atoms with van der Waals surface area (Å²) in [6.45, 7) is 8.98. The summed E-state index contributed by atoms with van der Waals surface area (Å²) in [5, 5.41) is 8.85. The molecule has 0 aliphatic carbocycles. The summed E-state index contributed by atoms with van der Waals surface area (Å²) in [6, 6.07) is 3.10. The van der Waals surface area contributed by atoms with Crippen LogP contribution in [0.25, 0.3) is 0 Å². The fourth-order valence-electron chi connectivity index (χ4n) is 2.33. The average Bonchev–Trinajstić information content (AvgIpc) is 2.46. The first kappa shape index (κ1) is 17.1. The number of carbonyl (C=O) groups excluding carboxylic acids is 1. The van der Waals surface area contributed by atoms with Crippen molar-refractivity contribution in [2.24, 2.45) is 5.92 Å². The van der Waals surface area contributed by atoms with Gasteiger partial charge in [-0.05, 0) is 30.9 Å². The maximum atomic E-state index is 12.7. The molecule has 1 N–H and O–H groups in total. The minimum Gasteiger partial charge on any atom is -0.477 e. The van der Waals surface area contributed by atoms with Gasteiger partial charge < -0.3 is 10.0 Å². The van der Waals surface area contributed by atoms with E-state index in [2.05, 4.69) is 32.7 Å². The van der Waals surface area contributed by atoms with E-state index >= 15 is 0 Å². The maximum absolute atomic E-state index is 12.7. The molecule has 1 amide bonds. The van der Waals surface area contributed by atoms with Crippen LogP contribution in [0.2, 0.25) is 0 Å². The van der Waals surface area contributed by atoms with E-state index < -0.39 is 5.97 Å². The Morgan fingerprint density at radius 2 is 1.86 bits per heavy atom. The third-order valence-corrected chi connectivity index (χ3v) is 3.44. The lowest BCUT2D eigenvalue weighted by molar-refractivity contribution is 0.0636. The van der Waals surface area contributed by atoms with Gasteiger partial charge in [0.15, 0.2) is 0 Å². The number of rotatable bonds is 7. The zero-order chi connectivity index (χ0) is 16.0. The van der Waals surface area contributed by atoms with E-state index in [9.17, 15) is 9.59 Å². The van der Waals surface area contributed by atoms with Crippen LogP contribution >= 0.6 is 0 Å². The zero-order valence-electron chi connectivity index (χ0n) is 13.2. The molecule has 21 heavy (non-hydrogen) atoms. The summed E-state index contributed by atoms with van der Waals surface area (Å²) >= 11 is 0. The number of amides is 1. The van der Waals surface area contributed by atoms with E-state index in [0.717, 1.165) is 12.8 Å². The third kappa shape index (κ3) is 4.55. The van der Waals surface area contributed by atoms with E-state index in [1.807, 2.05) is 4.90 Å². The van der Waals surface area contributed by atoms with Crippen molar-refractivity contribution in [3.05, 3.63) is 29.6 Å². The quantitative estimate of drug-likeness (QED) is 0.838. The van der Waals surface area contributed by atoms with E-state index in [4.69, 9.17) is 5.11 Å². The largest absolute Gasteiger partial charge is 0.477 e. The number of carbonyl (C=O) groups is 2. The molecule has 1 aromatic rings. The molecule has 0 saturated carbocycles. The molecule has 0 bridgehead atoms. The number of pyridine rings is 1. The van der Waals surface area contributed by atoms with E-state index in [1.54, 1.807) is 0 Å². The van der Waals surface area contributed by atoms with Crippen molar-refractivity contribution in [3.8, 4) is 0 Å². The molecule has 1 heterocycles. The summed E-state index contributed by atoms with van der Waals surface area (Å²) in [5.41, 5.74) is 0.386. The molecular formula is C16H24N2O3. The minimum atomic E-state index is -1.09. The molecule has 0 atom stereocenters. The van der Waals surface area contributed by atoms with Crippen molar-refractivity contribution in [1.29, 1.82) is 0 Å². The van der Waals surface area contributed by atoms with E-state index in [-0.39, 0.29) is 17.6 Å². The predicted molar refractivity (Wildman–Crippen MR) is 81.4 cm³/mol. The van der Waals surface area contributed by atoms with Gasteiger partial charge in [0.2, 0.25) is 0 Å². The summed E-state index contributed by atoms with van der Waals surface area (Å²) < 4.78 is 0. The molecule has 5 nitrogen and oxygen atoms in total. The molecule has 0 spiro atoms. The fourth-order valence-corrected chi connectivity index (χ4v) is 2.33. The van der Waals surface area contributed by atoms with Crippen LogP contribution in [0, 0.1) is 5.92 Å². The highest BCUT2D eigenvalue weighted by atomic mass is 16.4. The van der Waals surface area contributed by atoms with Crippen molar-refractivity contribution in [2.75, 3.05) is 6.54 Å². The Balaban J connectivity index is 3.01. The molecule has 0 aliphatic heterocycles. The number of aromatic carboxylic acids is 1. The lowest BCUT2D eigenvalue weighted by Crippen LogP contribution is -2.42. The first-order valence-electron chi connectivity index (χ1n) is 7.40. The van der Waals surface area contributed by atoms with Gasteiger partial charge in [-0.1, -0.05) is 27.7 Å². The standard InChI is InChI=1S/C16H24N2O3/c1-5-13(6-2)18(10-11(3)4)15(19)12-7-8-14(16(20)21)17-9-12/h7-9,11,13H,5-6,10H2,1-4H3,(H,20,21). The van der Waals surface area contributed by atoms with Crippen LogP contribution in [0.3, 0.4) is 0 Å². The number of carboxylic acids is 1. The monoisotopic (exact) mass is 292 g/mol. The minimum absolute atomic E-state index is 0.0514. The molecule has 1 rings (SSSR count). The van der Waals surface area contributed by atoms with Gasteiger partial charge in [0, 0.05) is 18.8 Å². The van der Waals surface area contributed by atoms with Crippen molar-refractivity contribution < 1.29 is 14.7 Å². The molecule has 0 aromatic carbocycles. The second-order valence-electron chi connectivity index (χ2n) is 5.56. The van der Waals surface area contributed by atoms with Gasteiger partial charge >= 0.3 is 5.97 Å². The van der Waals surface area contributed by atoms with Gasteiger partial charge in [-0.15, -0.1) is 0 Å². The zero-order valence-corrected chi connectivity index (χ0v) is 13.2. The Morgan fingerprint density at radius 3 is 2.24 bits per heavy atom. The predicted octanol–water partition coefficient (Wildman–Crippen LogP) is 3.07. The fraction of sp³-hybridized carbons (Fsp3) is 0.562. The third-order valence-electron chi connectivity index (χ3n) is 3.44. The summed E-state index contributed by atoms with van der Waals surface area (Å²) in [7, 11) is 0. The van der Waals surface area contributed by atoms with E-state index in [1.165, 1.54) is 18.3 Å². The van der Waals surface area contributed by atoms with Crippen LogP contribution in [-0.2, 0) is 0 Å². The average molecular weight is 292 g/mol. The number of hydrogen-bond acceptors (Lipinski definition) is 3.